The molecule has 0 aliphatic carbocycles. The summed E-state index contributed by atoms with van der Waals surface area (Å²) in [5, 5.41) is 0. The van der Waals surface area contributed by atoms with Gasteiger partial charge in [0.15, 0.2) is 0 Å². The number of ether oxygens (including phenoxy) is 2. The average molecular weight is 768 g/mol. The molecule has 2 atom stereocenters. The molecule has 0 heterocycles. The first kappa shape index (κ1) is 51.5. The monoisotopic (exact) mass is 768 g/mol. The van der Waals surface area contributed by atoms with E-state index in [0.29, 0.717) is 24.1 Å². The van der Waals surface area contributed by atoms with Gasteiger partial charge in [-0.15, -0.1) is 0 Å². The molecule has 0 aliphatic heterocycles. The molecule has 0 aromatic carbocycles. The zero-order valence-electron chi connectivity index (χ0n) is 35.0. The predicted molar refractivity (Wildman–Crippen MR) is 222 cm³/mol. The van der Waals surface area contributed by atoms with Crippen LogP contribution in [0.2, 0.25) is 0 Å². The number of rotatable bonds is 39. The van der Waals surface area contributed by atoms with Crippen LogP contribution in [0.3, 0.4) is 0 Å². The fourth-order valence-corrected chi connectivity index (χ4v) is 6.32. The molecule has 2 unspecified atom stereocenters. The minimum Gasteiger partial charge on any atom is -0.756 e. The van der Waals surface area contributed by atoms with Crippen LogP contribution in [0.25, 0.3) is 0 Å². The van der Waals surface area contributed by atoms with Crippen LogP contribution in [0.15, 0.2) is 48.6 Å². The molecular weight excluding hydrogens is 685 g/mol. The molecule has 0 amide bonds. The van der Waals surface area contributed by atoms with Gasteiger partial charge >= 0.3 is 5.97 Å². The van der Waals surface area contributed by atoms with Crippen molar-refractivity contribution in [2.45, 2.75) is 174 Å². The number of quaternary nitrogens is 1. The maximum atomic E-state index is 12.4. The Morgan fingerprint density at radius 2 is 1.09 bits per heavy atom. The van der Waals surface area contributed by atoms with Crippen molar-refractivity contribution in [1.29, 1.82) is 0 Å². The Bertz CT molecular complexity index is 989. The van der Waals surface area contributed by atoms with Crippen molar-refractivity contribution in [3.05, 3.63) is 48.6 Å². The molecule has 0 radical (unpaired) electrons. The average Bonchev–Trinajstić information content (AvgIpc) is 3.11. The van der Waals surface area contributed by atoms with Crippen molar-refractivity contribution >= 4 is 13.8 Å². The molecule has 53 heavy (non-hydrogen) atoms. The van der Waals surface area contributed by atoms with Gasteiger partial charge in [0.05, 0.1) is 34.4 Å². The number of hydrogen-bond donors (Lipinski definition) is 0. The maximum absolute atomic E-state index is 12.4. The third kappa shape index (κ3) is 41.5. The van der Waals surface area contributed by atoms with Gasteiger partial charge in [0.1, 0.15) is 19.3 Å². The van der Waals surface area contributed by atoms with Crippen LogP contribution in [0.1, 0.15) is 168 Å². The molecular formula is C44H82NO7P. The van der Waals surface area contributed by atoms with Crippen LogP contribution >= 0.6 is 7.82 Å². The lowest BCUT2D eigenvalue weighted by Gasteiger charge is -2.28. The predicted octanol–water partition coefficient (Wildman–Crippen LogP) is 11.7. The van der Waals surface area contributed by atoms with E-state index in [1.165, 1.54) is 77.0 Å². The molecule has 0 aromatic rings. The van der Waals surface area contributed by atoms with Gasteiger partial charge in [-0.25, -0.2) is 0 Å². The number of likely N-dealkylation sites (N-methyl/N-ethyl adjacent to an activating group) is 1. The van der Waals surface area contributed by atoms with Crippen LogP contribution in [0.4, 0.5) is 0 Å². The lowest BCUT2D eigenvalue weighted by Crippen LogP contribution is -2.37. The number of unbranched alkanes of at least 4 members (excludes halogenated alkanes) is 17. The van der Waals surface area contributed by atoms with E-state index in [9.17, 15) is 14.3 Å². The van der Waals surface area contributed by atoms with Gasteiger partial charge in [-0.2, -0.15) is 0 Å². The normalized spacial score (nSPS) is 14.3. The van der Waals surface area contributed by atoms with Crippen molar-refractivity contribution in [2.75, 3.05) is 54.1 Å². The Kier molecular flexibility index (Phi) is 36.3. The van der Waals surface area contributed by atoms with Crippen LogP contribution in [-0.4, -0.2) is 70.7 Å². The molecule has 0 bridgehead atoms. The number of carbonyl (C=O) groups excluding carboxylic acids is 1. The summed E-state index contributed by atoms with van der Waals surface area (Å²) in [5.74, 6) is -0.348. The largest absolute Gasteiger partial charge is 0.756 e. The van der Waals surface area contributed by atoms with Crippen molar-refractivity contribution in [3.8, 4) is 0 Å². The molecule has 0 N–H and O–H groups in total. The smallest absolute Gasteiger partial charge is 0.306 e. The van der Waals surface area contributed by atoms with Crippen molar-refractivity contribution in [2.24, 2.45) is 0 Å². The minimum absolute atomic E-state index is 0.0254. The Morgan fingerprint density at radius 1 is 0.604 bits per heavy atom. The third-order valence-electron chi connectivity index (χ3n) is 8.89. The zero-order valence-corrected chi connectivity index (χ0v) is 35.8. The highest BCUT2D eigenvalue weighted by Crippen LogP contribution is 2.38. The zero-order chi connectivity index (χ0) is 39.1. The molecule has 0 rings (SSSR count). The number of hydrogen-bond acceptors (Lipinski definition) is 7. The standard InChI is InChI=1S/C44H82NO7P/c1-6-8-10-12-13-14-15-16-17-18-19-20-21-22-23-24-25-26-27-28-29-30-31-32-34-36-39-49-41-43(52-44(46)37-35-33-11-9-7-2)42-51-53(47,48)50-40-38-45(3,4)5/h8,10,13-14,16-17,19-20,43H,6-7,9,11-12,15,18,21-42H2,1-5H3/b10-8-,14-13-,17-16-,20-19-. The molecule has 8 nitrogen and oxygen atoms in total. The number of phosphoric ester groups is 1. The fourth-order valence-electron chi connectivity index (χ4n) is 5.60. The maximum Gasteiger partial charge on any atom is 0.306 e. The first-order valence-electron chi connectivity index (χ1n) is 21.4. The van der Waals surface area contributed by atoms with Gasteiger partial charge in [0.2, 0.25) is 0 Å². The highest BCUT2D eigenvalue weighted by Gasteiger charge is 2.20. The Morgan fingerprint density at radius 3 is 1.64 bits per heavy atom. The molecule has 9 heteroatoms. The van der Waals surface area contributed by atoms with Crippen molar-refractivity contribution in [1.82, 2.24) is 0 Å². The Balaban J connectivity index is 3.91. The number of nitrogens with zero attached hydrogens (tertiary/aromatic N) is 1. The summed E-state index contributed by atoms with van der Waals surface area (Å²) < 4.78 is 34.3. The highest BCUT2D eigenvalue weighted by atomic mass is 31.2. The van der Waals surface area contributed by atoms with E-state index in [2.05, 4.69) is 62.5 Å². The summed E-state index contributed by atoms with van der Waals surface area (Å²) in [6.07, 6.45) is 44.6. The van der Waals surface area contributed by atoms with Crippen LogP contribution in [0.5, 0.6) is 0 Å². The fraction of sp³-hybridized carbons (Fsp3) is 0.795. The second-order valence-corrected chi connectivity index (χ2v) is 16.7. The van der Waals surface area contributed by atoms with E-state index in [-0.39, 0.29) is 25.8 Å². The van der Waals surface area contributed by atoms with Gasteiger partial charge in [0, 0.05) is 13.0 Å². The minimum atomic E-state index is -4.51. The van der Waals surface area contributed by atoms with Crippen molar-refractivity contribution in [3.63, 3.8) is 0 Å². The summed E-state index contributed by atoms with van der Waals surface area (Å²) in [7, 11) is 1.35. The van der Waals surface area contributed by atoms with Crippen LogP contribution in [-0.2, 0) is 27.9 Å². The summed E-state index contributed by atoms with van der Waals surface area (Å²) in [6.45, 7) is 5.20. The van der Waals surface area contributed by atoms with E-state index >= 15 is 0 Å². The van der Waals surface area contributed by atoms with Crippen molar-refractivity contribution < 1.29 is 37.3 Å². The molecule has 0 saturated heterocycles. The SMILES string of the molecule is CC/C=C\C/C=C\C/C=C\C/C=C\CCCCCCCCCCCCCCCOCC(COP(=O)([O-])OCC[N+](C)(C)C)OC(=O)CCCCCCC. The second kappa shape index (κ2) is 37.4. The molecule has 0 spiro atoms. The molecule has 0 fully saturated rings. The van der Waals surface area contributed by atoms with Gasteiger partial charge < -0.3 is 27.9 Å². The van der Waals surface area contributed by atoms with E-state index < -0.39 is 13.9 Å². The summed E-state index contributed by atoms with van der Waals surface area (Å²) in [6, 6.07) is 0. The number of allylic oxidation sites excluding steroid dienone is 8. The topological polar surface area (TPSA) is 94.1 Å². The van der Waals surface area contributed by atoms with E-state index in [1.54, 1.807) is 0 Å². The number of carbonyl (C=O) groups is 1. The second-order valence-electron chi connectivity index (χ2n) is 15.3. The third-order valence-corrected chi connectivity index (χ3v) is 9.86. The first-order chi connectivity index (χ1) is 25.6. The van der Waals surface area contributed by atoms with Gasteiger partial charge in [-0.3, -0.25) is 9.36 Å². The summed E-state index contributed by atoms with van der Waals surface area (Å²) >= 11 is 0. The first-order valence-corrected chi connectivity index (χ1v) is 22.8. The lowest BCUT2D eigenvalue weighted by atomic mass is 10.0. The molecule has 0 saturated carbocycles. The number of esters is 1. The van der Waals surface area contributed by atoms with Crippen LogP contribution < -0.4 is 4.89 Å². The molecule has 0 aromatic heterocycles. The molecule has 0 aliphatic rings. The lowest BCUT2D eigenvalue weighted by molar-refractivity contribution is -0.870. The summed E-state index contributed by atoms with van der Waals surface area (Å²) in [5.41, 5.74) is 0. The van der Waals surface area contributed by atoms with Gasteiger partial charge in [-0.1, -0.05) is 159 Å². The van der Waals surface area contributed by atoms with E-state index in [1.807, 2.05) is 21.1 Å². The number of phosphoric acid groups is 1. The highest BCUT2D eigenvalue weighted by molar-refractivity contribution is 7.45. The quantitative estimate of drug-likeness (QED) is 0.0202. The van der Waals surface area contributed by atoms with Gasteiger partial charge in [0.25, 0.3) is 7.82 Å². The Labute approximate surface area is 327 Å². The Hall–Kier alpha value is -1.54. The summed E-state index contributed by atoms with van der Waals surface area (Å²) in [4.78, 5) is 24.7. The van der Waals surface area contributed by atoms with E-state index in [4.69, 9.17) is 18.5 Å². The van der Waals surface area contributed by atoms with Crippen LogP contribution in [0, 0.1) is 0 Å². The van der Waals surface area contributed by atoms with E-state index in [0.717, 1.165) is 70.6 Å². The van der Waals surface area contributed by atoms with Gasteiger partial charge in [-0.05, 0) is 51.4 Å². The molecule has 310 valence electrons.